The monoisotopic (exact) mass is 374 g/mol. The molecule has 0 saturated heterocycles. The van der Waals surface area contributed by atoms with E-state index in [1.807, 2.05) is 26.1 Å². The molecule has 6 heteroatoms. The zero-order valence-corrected chi connectivity index (χ0v) is 17.0. The number of carbonyl (C=O) groups excluding carboxylic acids is 1. The number of carbonyl (C=O) groups is 1. The Morgan fingerprint density at radius 3 is 2.56 bits per heavy atom. The first-order valence-electron chi connectivity index (χ1n) is 10.0. The Hall–Kier alpha value is -2.24. The van der Waals surface area contributed by atoms with Crippen LogP contribution < -0.4 is 15.4 Å². The van der Waals surface area contributed by atoms with Gasteiger partial charge in [0.1, 0.15) is 5.75 Å². The maximum Gasteiger partial charge on any atom is 0.222 e. The number of nitrogens with zero attached hydrogens (tertiary/aromatic N) is 2. The molecule has 2 rings (SSSR count). The highest BCUT2D eigenvalue weighted by Gasteiger charge is 2.15. The fourth-order valence-corrected chi connectivity index (χ4v) is 3.36. The summed E-state index contributed by atoms with van der Waals surface area (Å²) < 4.78 is 5.20. The van der Waals surface area contributed by atoms with Gasteiger partial charge in [0.15, 0.2) is 5.96 Å². The van der Waals surface area contributed by atoms with E-state index in [4.69, 9.17) is 4.74 Å². The van der Waals surface area contributed by atoms with Gasteiger partial charge in [0, 0.05) is 32.6 Å². The predicted molar refractivity (Wildman–Crippen MR) is 110 cm³/mol. The van der Waals surface area contributed by atoms with Crippen LogP contribution in [0.15, 0.2) is 29.3 Å². The molecule has 1 aromatic rings. The highest BCUT2D eigenvalue weighted by Crippen LogP contribution is 2.17. The van der Waals surface area contributed by atoms with Gasteiger partial charge in [-0.2, -0.15) is 0 Å². The van der Waals surface area contributed by atoms with Crippen molar-refractivity contribution >= 4 is 11.9 Å². The van der Waals surface area contributed by atoms with Crippen LogP contribution in [-0.4, -0.2) is 50.1 Å². The highest BCUT2D eigenvalue weighted by atomic mass is 16.5. The van der Waals surface area contributed by atoms with Gasteiger partial charge in [0.2, 0.25) is 5.91 Å². The normalized spacial score (nSPS) is 15.3. The lowest BCUT2D eigenvalue weighted by atomic mass is 9.95. The molecule has 6 nitrogen and oxygen atoms in total. The summed E-state index contributed by atoms with van der Waals surface area (Å²) in [6.45, 7) is 4.07. The number of hydrogen-bond donors (Lipinski definition) is 2. The molecule has 0 heterocycles. The number of ether oxygens (including phenoxy) is 1. The van der Waals surface area contributed by atoms with Crippen LogP contribution in [-0.2, 0) is 11.3 Å². The summed E-state index contributed by atoms with van der Waals surface area (Å²) in [7, 11) is 3.68. The number of methoxy groups -OCH3 is 1. The summed E-state index contributed by atoms with van der Waals surface area (Å²) in [5, 5.41) is 6.45. The molecule has 1 amide bonds. The zero-order chi connectivity index (χ0) is 19.5. The van der Waals surface area contributed by atoms with Crippen LogP contribution in [0, 0.1) is 0 Å². The average Bonchev–Trinajstić information content (AvgIpc) is 2.68. The van der Waals surface area contributed by atoms with E-state index in [1.54, 1.807) is 7.11 Å². The molecule has 0 aromatic heterocycles. The number of guanidine groups is 1. The second-order valence-electron chi connectivity index (χ2n) is 7.09. The number of nitrogens with one attached hydrogen (secondary N) is 2. The van der Waals surface area contributed by atoms with Crippen LogP contribution in [0.5, 0.6) is 5.75 Å². The zero-order valence-electron chi connectivity index (χ0n) is 17.0. The fraction of sp³-hybridized carbons (Fsp3) is 0.619. The highest BCUT2D eigenvalue weighted by molar-refractivity contribution is 5.80. The van der Waals surface area contributed by atoms with E-state index in [0.717, 1.165) is 37.6 Å². The number of rotatable bonds is 8. The summed E-state index contributed by atoms with van der Waals surface area (Å²) in [5.74, 6) is 1.78. The van der Waals surface area contributed by atoms with Crippen molar-refractivity contribution in [2.45, 2.75) is 58.0 Å². The van der Waals surface area contributed by atoms with E-state index < -0.39 is 0 Å². The third kappa shape index (κ3) is 7.49. The minimum absolute atomic E-state index is 0.110. The molecule has 27 heavy (non-hydrogen) atoms. The Kier molecular flexibility index (Phi) is 8.95. The van der Waals surface area contributed by atoms with Gasteiger partial charge >= 0.3 is 0 Å². The largest absolute Gasteiger partial charge is 0.497 e. The van der Waals surface area contributed by atoms with Crippen molar-refractivity contribution in [1.82, 2.24) is 15.5 Å². The molecule has 0 aliphatic heterocycles. The maximum absolute atomic E-state index is 12.1. The summed E-state index contributed by atoms with van der Waals surface area (Å²) in [4.78, 5) is 18.8. The molecule has 0 bridgehead atoms. The standard InChI is InChI=1S/C21H34N4O2/c1-4-22-21(25(2)16-17-10-12-19(27-3)13-11-17)23-15-14-20(26)24-18-8-6-5-7-9-18/h10-13,18H,4-9,14-16H2,1-3H3,(H,22,23)(H,24,26). The topological polar surface area (TPSA) is 66.0 Å². The van der Waals surface area contributed by atoms with E-state index in [9.17, 15) is 4.79 Å². The van der Waals surface area contributed by atoms with E-state index in [1.165, 1.54) is 24.8 Å². The van der Waals surface area contributed by atoms with Crippen molar-refractivity contribution < 1.29 is 9.53 Å². The Morgan fingerprint density at radius 1 is 1.22 bits per heavy atom. The van der Waals surface area contributed by atoms with E-state index >= 15 is 0 Å². The third-order valence-electron chi connectivity index (χ3n) is 4.85. The Balaban J connectivity index is 1.83. The molecule has 0 radical (unpaired) electrons. The van der Waals surface area contributed by atoms with Crippen molar-refractivity contribution in [2.24, 2.45) is 4.99 Å². The van der Waals surface area contributed by atoms with Crippen molar-refractivity contribution in [1.29, 1.82) is 0 Å². The van der Waals surface area contributed by atoms with Crippen LogP contribution in [0.4, 0.5) is 0 Å². The lowest BCUT2D eigenvalue weighted by Gasteiger charge is -2.23. The van der Waals surface area contributed by atoms with Crippen LogP contribution in [0.25, 0.3) is 0 Å². The Bertz CT molecular complexity index is 595. The lowest BCUT2D eigenvalue weighted by molar-refractivity contribution is -0.121. The van der Waals surface area contributed by atoms with Gasteiger partial charge in [-0.3, -0.25) is 9.79 Å². The molecular formula is C21H34N4O2. The number of benzene rings is 1. The lowest BCUT2D eigenvalue weighted by Crippen LogP contribution is -2.39. The summed E-state index contributed by atoms with van der Waals surface area (Å²) in [5.41, 5.74) is 1.18. The molecule has 0 atom stereocenters. The first-order valence-corrected chi connectivity index (χ1v) is 10.0. The number of aliphatic imine (C=N–C) groups is 1. The first kappa shape index (κ1) is 21.1. The molecule has 1 saturated carbocycles. The van der Waals surface area contributed by atoms with Gasteiger partial charge in [-0.05, 0) is 37.5 Å². The molecule has 1 fully saturated rings. The minimum atomic E-state index is 0.110. The predicted octanol–water partition coefficient (Wildman–Crippen LogP) is 2.93. The van der Waals surface area contributed by atoms with Crippen molar-refractivity contribution in [3.63, 3.8) is 0 Å². The molecule has 1 aromatic carbocycles. The first-order chi connectivity index (χ1) is 13.1. The van der Waals surface area contributed by atoms with Crippen LogP contribution in [0.3, 0.4) is 0 Å². The van der Waals surface area contributed by atoms with Crippen molar-refractivity contribution in [3.05, 3.63) is 29.8 Å². The molecule has 1 aliphatic rings. The average molecular weight is 375 g/mol. The Labute approximate surface area is 163 Å². The number of hydrogen-bond acceptors (Lipinski definition) is 3. The van der Waals surface area contributed by atoms with Gasteiger partial charge in [-0.25, -0.2) is 0 Å². The SMILES string of the molecule is CCNC(=NCCC(=O)NC1CCCCC1)N(C)Cc1ccc(OC)cc1. The van der Waals surface area contributed by atoms with Crippen LogP contribution in [0.2, 0.25) is 0 Å². The fourth-order valence-electron chi connectivity index (χ4n) is 3.36. The maximum atomic E-state index is 12.1. The molecular weight excluding hydrogens is 340 g/mol. The Morgan fingerprint density at radius 2 is 1.93 bits per heavy atom. The van der Waals surface area contributed by atoms with Gasteiger partial charge in [0.05, 0.1) is 13.7 Å². The van der Waals surface area contributed by atoms with E-state index in [0.29, 0.717) is 19.0 Å². The van der Waals surface area contributed by atoms with Gasteiger partial charge in [-0.1, -0.05) is 31.4 Å². The molecule has 1 aliphatic carbocycles. The molecule has 150 valence electrons. The molecule has 2 N–H and O–H groups in total. The molecule has 0 unspecified atom stereocenters. The summed E-state index contributed by atoms with van der Waals surface area (Å²) >= 11 is 0. The third-order valence-corrected chi connectivity index (χ3v) is 4.85. The van der Waals surface area contributed by atoms with Gasteiger partial charge in [-0.15, -0.1) is 0 Å². The van der Waals surface area contributed by atoms with Gasteiger partial charge < -0.3 is 20.3 Å². The van der Waals surface area contributed by atoms with E-state index in [-0.39, 0.29) is 5.91 Å². The van der Waals surface area contributed by atoms with Crippen LogP contribution in [0.1, 0.15) is 51.0 Å². The minimum Gasteiger partial charge on any atom is -0.497 e. The number of amides is 1. The van der Waals surface area contributed by atoms with Crippen molar-refractivity contribution in [2.75, 3.05) is 27.2 Å². The van der Waals surface area contributed by atoms with Crippen molar-refractivity contribution in [3.8, 4) is 5.75 Å². The molecule has 0 spiro atoms. The summed E-state index contributed by atoms with van der Waals surface area (Å²) in [6.07, 6.45) is 6.41. The van der Waals surface area contributed by atoms with Crippen LogP contribution >= 0.6 is 0 Å². The van der Waals surface area contributed by atoms with Gasteiger partial charge in [0.25, 0.3) is 0 Å². The van der Waals surface area contributed by atoms with E-state index in [2.05, 4.69) is 32.7 Å². The smallest absolute Gasteiger partial charge is 0.222 e. The quantitative estimate of drug-likeness (QED) is 0.542. The second-order valence-corrected chi connectivity index (χ2v) is 7.09. The second kappa shape index (κ2) is 11.5. The summed E-state index contributed by atoms with van der Waals surface area (Å²) in [6, 6.07) is 8.39.